The molecule has 2 rings (SSSR count). The zero-order valence-corrected chi connectivity index (χ0v) is 11.1. The molecule has 106 valence electrons. The van der Waals surface area contributed by atoms with Crippen LogP contribution in [0.2, 0.25) is 0 Å². The molecule has 7 heteroatoms. The zero-order chi connectivity index (χ0) is 14.0. The maximum absolute atomic E-state index is 13.0. The smallest absolute Gasteiger partial charge is 0.370 e. The van der Waals surface area contributed by atoms with E-state index in [0.29, 0.717) is 13.1 Å². The summed E-state index contributed by atoms with van der Waals surface area (Å²) < 4.78 is 44.4. The van der Waals surface area contributed by atoms with Gasteiger partial charge >= 0.3 is 6.18 Å². The van der Waals surface area contributed by atoms with Crippen molar-refractivity contribution in [2.75, 3.05) is 23.9 Å². The van der Waals surface area contributed by atoms with Crippen LogP contribution in [0, 0.1) is 0 Å². The van der Waals surface area contributed by atoms with Gasteiger partial charge in [-0.1, -0.05) is 0 Å². The van der Waals surface area contributed by atoms with Crippen LogP contribution in [0.1, 0.15) is 12.5 Å². The predicted molar refractivity (Wildman–Crippen MR) is 66.5 cm³/mol. The lowest BCUT2D eigenvalue weighted by Crippen LogP contribution is -2.48. The van der Waals surface area contributed by atoms with Gasteiger partial charge in [-0.25, -0.2) is 4.98 Å². The number of morpholine rings is 1. The molecule has 1 fully saturated rings. The Hall–Kier alpha value is -1.01. The summed E-state index contributed by atoms with van der Waals surface area (Å²) in [5, 5.41) is 0. The van der Waals surface area contributed by atoms with Crippen molar-refractivity contribution in [3.05, 3.63) is 23.9 Å². The van der Waals surface area contributed by atoms with Gasteiger partial charge < -0.3 is 9.64 Å². The highest BCUT2D eigenvalue weighted by molar-refractivity contribution is 6.18. The standard InChI is InChI=1S/C12H14ClF3N2O/c1-8-6-18(7-9(5-13)19-8)11-10(12(14,15)16)3-2-4-17-11/h2-4,8-9H,5-7H2,1H3. The lowest BCUT2D eigenvalue weighted by atomic mass is 10.2. The number of alkyl halides is 4. The molecule has 0 aliphatic carbocycles. The Morgan fingerprint density at radius 3 is 2.84 bits per heavy atom. The lowest BCUT2D eigenvalue weighted by molar-refractivity contribution is -0.137. The number of nitrogens with zero attached hydrogens (tertiary/aromatic N) is 2. The summed E-state index contributed by atoms with van der Waals surface area (Å²) in [6, 6.07) is 2.33. The summed E-state index contributed by atoms with van der Waals surface area (Å²) in [4.78, 5) is 5.47. The molecule has 0 bridgehead atoms. The van der Waals surface area contributed by atoms with E-state index in [-0.39, 0.29) is 23.9 Å². The van der Waals surface area contributed by atoms with Crippen molar-refractivity contribution in [3.63, 3.8) is 0 Å². The highest BCUT2D eigenvalue weighted by atomic mass is 35.5. The molecule has 1 aliphatic heterocycles. The predicted octanol–water partition coefficient (Wildman–Crippen LogP) is 2.93. The quantitative estimate of drug-likeness (QED) is 0.784. The molecule has 0 radical (unpaired) electrons. The molecule has 0 aromatic carbocycles. The Balaban J connectivity index is 2.31. The van der Waals surface area contributed by atoms with Gasteiger partial charge in [-0.05, 0) is 19.1 Å². The van der Waals surface area contributed by atoms with Crippen LogP contribution < -0.4 is 4.90 Å². The van der Waals surface area contributed by atoms with Crippen LogP contribution in [0.5, 0.6) is 0 Å². The van der Waals surface area contributed by atoms with Crippen molar-refractivity contribution in [1.29, 1.82) is 0 Å². The molecule has 2 atom stereocenters. The van der Waals surface area contributed by atoms with Gasteiger partial charge in [0.1, 0.15) is 5.82 Å². The molecule has 2 heterocycles. The second-order valence-corrected chi connectivity index (χ2v) is 4.81. The van der Waals surface area contributed by atoms with Crippen LogP contribution in [-0.4, -0.2) is 36.2 Å². The van der Waals surface area contributed by atoms with Crippen molar-refractivity contribution in [1.82, 2.24) is 4.98 Å². The van der Waals surface area contributed by atoms with Crippen molar-refractivity contribution in [2.45, 2.75) is 25.3 Å². The molecular weight excluding hydrogens is 281 g/mol. The summed E-state index contributed by atoms with van der Waals surface area (Å²) >= 11 is 5.73. The molecule has 0 saturated carbocycles. The Labute approximate surface area is 114 Å². The normalized spacial score (nSPS) is 24.6. The van der Waals surface area contributed by atoms with Crippen LogP contribution in [-0.2, 0) is 10.9 Å². The van der Waals surface area contributed by atoms with Crippen LogP contribution in [0.15, 0.2) is 18.3 Å². The molecule has 1 aromatic rings. The summed E-state index contributed by atoms with van der Waals surface area (Å²) in [5.74, 6) is 0.190. The fraction of sp³-hybridized carbons (Fsp3) is 0.583. The van der Waals surface area contributed by atoms with E-state index in [9.17, 15) is 13.2 Å². The average Bonchev–Trinajstić information content (AvgIpc) is 2.37. The van der Waals surface area contributed by atoms with Crippen LogP contribution >= 0.6 is 11.6 Å². The van der Waals surface area contributed by atoms with Gasteiger partial charge in [-0.2, -0.15) is 13.2 Å². The minimum absolute atomic E-state index is 0.0553. The first-order valence-corrected chi connectivity index (χ1v) is 6.44. The second kappa shape index (κ2) is 5.54. The molecule has 0 N–H and O–H groups in total. The Kier molecular flexibility index (Phi) is 4.20. The van der Waals surface area contributed by atoms with E-state index < -0.39 is 11.7 Å². The first-order valence-electron chi connectivity index (χ1n) is 5.90. The Morgan fingerprint density at radius 2 is 2.21 bits per heavy atom. The maximum Gasteiger partial charge on any atom is 0.419 e. The third-order valence-electron chi connectivity index (χ3n) is 2.89. The number of hydrogen-bond donors (Lipinski definition) is 0. The number of pyridine rings is 1. The second-order valence-electron chi connectivity index (χ2n) is 4.50. The van der Waals surface area contributed by atoms with Crippen LogP contribution in [0.25, 0.3) is 0 Å². The highest BCUT2D eigenvalue weighted by Crippen LogP contribution is 2.35. The van der Waals surface area contributed by atoms with E-state index in [4.69, 9.17) is 16.3 Å². The number of aromatic nitrogens is 1. The molecule has 1 aromatic heterocycles. The molecular formula is C12H14ClF3N2O. The fourth-order valence-corrected chi connectivity index (χ4v) is 2.34. The highest BCUT2D eigenvalue weighted by Gasteiger charge is 2.37. The van der Waals surface area contributed by atoms with Crippen LogP contribution in [0.4, 0.5) is 19.0 Å². The summed E-state index contributed by atoms with van der Waals surface area (Å²) in [6.07, 6.45) is -3.52. The number of anilines is 1. The maximum atomic E-state index is 13.0. The van der Waals surface area contributed by atoms with Crippen molar-refractivity contribution in [2.24, 2.45) is 0 Å². The first-order chi connectivity index (χ1) is 8.91. The van der Waals surface area contributed by atoms with E-state index in [1.165, 1.54) is 12.3 Å². The van der Waals surface area contributed by atoms with Gasteiger partial charge in [-0.15, -0.1) is 11.6 Å². The number of hydrogen-bond acceptors (Lipinski definition) is 3. The van der Waals surface area contributed by atoms with Gasteiger partial charge in [0.2, 0.25) is 0 Å². The lowest BCUT2D eigenvalue weighted by Gasteiger charge is -2.37. The topological polar surface area (TPSA) is 25.4 Å². The Bertz CT molecular complexity index is 441. The van der Waals surface area contributed by atoms with Crippen molar-refractivity contribution >= 4 is 17.4 Å². The molecule has 1 aliphatic rings. The minimum atomic E-state index is -4.42. The molecule has 0 amide bonds. The molecule has 3 nitrogen and oxygen atoms in total. The largest absolute Gasteiger partial charge is 0.419 e. The third kappa shape index (κ3) is 3.30. The Morgan fingerprint density at radius 1 is 1.47 bits per heavy atom. The van der Waals surface area contributed by atoms with E-state index in [0.717, 1.165) is 6.07 Å². The number of halogens is 4. The van der Waals surface area contributed by atoms with Crippen molar-refractivity contribution in [3.8, 4) is 0 Å². The van der Waals surface area contributed by atoms with Gasteiger partial charge in [-0.3, -0.25) is 0 Å². The SMILES string of the molecule is CC1CN(c2ncccc2C(F)(F)F)CC(CCl)O1. The van der Waals surface area contributed by atoms with E-state index in [2.05, 4.69) is 4.98 Å². The molecule has 1 saturated heterocycles. The van der Waals surface area contributed by atoms with Crippen LogP contribution in [0.3, 0.4) is 0 Å². The monoisotopic (exact) mass is 294 g/mol. The zero-order valence-electron chi connectivity index (χ0n) is 10.3. The summed E-state index contributed by atoms with van der Waals surface area (Å²) in [7, 11) is 0. The molecule has 2 unspecified atom stereocenters. The van der Waals surface area contributed by atoms with Gasteiger partial charge in [0.15, 0.2) is 0 Å². The minimum Gasteiger partial charge on any atom is -0.370 e. The van der Waals surface area contributed by atoms with E-state index in [1.807, 2.05) is 6.92 Å². The van der Waals surface area contributed by atoms with Gasteiger partial charge in [0.25, 0.3) is 0 Å². The number of rotatable bonds is 2. The van der Waals surface area contributed by atoms with E-state index >= 15 is 0 Å². The molecule has 19 heavy (non-hydrogen) atoms. The molecule has 0 spiro atoms. The van der Waals surface area contributed by atoms with E-state index in [1.54, 1.807) is 4.90 Å². The third-order valence-corrected chi connectivity index (χ3v) is 3.23. The fourth-order valence-electron chi connectivity index (χ4n) is 2.17. The summed E-state index contributed by atoms with van der Waals surface area (Å²) in [5.41, 5.74) is -0.725. The van der Waals surface area contributed by atoms with Gasteiger partial charge in [0, 0.05) is 19.3 Å². The van der Waals surface area contributed by atoms with Crippen molar-refractivity contribution < 1.29 is 17.9 Å². The summed E-state index contributed by atoms with van der Waals surface area (Å²) in [6.45, 7) is 2.49. The average molecular weight is 295 g/mol. The van der Waals surface area contributed by atoms with Gasteiger partial charge in [0.05, 0.1) is 23.7 Å². The number of ether oxygens (including phenoxy) is 1. The first kappa shape index (κ1) is 14.4.